The summed E-state index contributed by atoms with van der Waals surface area (Å²) in [4.78, 5) is 24.1. The van der Waals surface area contributed by atoms with Gasteiger partial charge in [0.25, 0.3) is 0 Å². The molecule has 0 aliphatic carbocycles. The monoisotopic (exact) mass is 350 g/mol. The molecule has 0 saturated carbocycles. The maximum Gasteiger partial charge on any atom is 0.306 e. The Bertz CT molecular complexity index is 959. The first-order chi connectivity index (χ1) is 12.5. The molecule has 1 aromatic heterocycles. The first-order valence-electron chi connectivity index (χ1n) is 8.64. The minimum Gasteiger partial charge on any atom is -0.481 e. The minimum absolute atomic E-state index is 0.0386. The van der Waals surface area contributed by atoms with E-state index >= 15 is 0 Å². The van der Waals surface area contributed by atoms with Gasteiger partial charge in [-0.25, -0.2) is 0 Å². The summed E-state index contributed by atoms with van der Waals surface area (Å²) in [6, 6.07) is 15.1. The van der Waals surface area contributed by atoms with Gasteiger partial charge >= 0.3 is 5.97 Å². The third kappa shape index (κ3) is 3.47. The summed E-state index contributed by atoms with van der Waals surface area (Å²) in [5.41, 5.74) is 3.09. The van der Waals surface area contributed by atoms with Crippen LogP contribution in [0.3, 0.4) is 0 Å². The normalized spacial score (nSPS) is 12.1. The van der Waals surface area contributed by atoms with Crippen molar-refractivity contribution in [2.45, 2.75) is 19.9 Å². The number of para-hydroxylation sites is 1. The third-order valence-corrected chi connectivity index (χ3v) is 4.67. The van der Waals surface area contributed by atoms with Crippen LogP contribution in [0.5, 0.6) is 0 Å². The zero-order valence-corrected chi connectivity index (χ0v) is 14.9. The van der Waals surface area contributed by atoms with Gasteiger partial charge in [-0.05, 0) is 24.6 Å². The molecule has 26 heavy (non-hydrogen) atoms. The van der Waals surface area contributed by atoms with E-state index < -0.39 is 11.9 Å². The van der Waals surface area contributed by atoms with E-state index in [1.807, 2.05) is 66.3 Å². The SMILES string of the molecule is CNc1cccc(C(=O)c2cn(CCC(C)C(=O)O)c3ccccc23)c1. The maximum atomic E-state index is 13.1. The molecule has 0 aliphatic rings. The molecule has 5 heteroatoms. The number of aryl methyl sites for hydroxylation is 1. The van der Waals surface area contributed by atoms with Crippen LogP contribution in [-0.4, -0.2) is 28.5 Å². The topological polar surface area (TPSA) is 71.3 Å². The number of anilines is 1. The lowest BCUT2D eigenvalue weighted by Gasteiger charge is -2.08. The molecule has 0 saturated heterocycles. The second-order valence-corrected chi connectivity index (χ2v) is 6.44. The minimum atomic E-state index is -0.804. The first-order valence-corrected chi connectivity index (χ1v) is 8.64. The van der Waals surface area contributed by atoms with Gasteiger partial charge in [-0.2, -0.15) is 0 Å². The van der Waals surface area contributed by atoms with Crippen molar-refractivity contribution >= 4 is 28.3 Å². The van der Waals surface area contributed by atoms with Crippen molar-refractivity contribution in [1.82, 2.24) is 4.57 Å². The van der Waals surface area contributed by atoms with Gasteiger partial charge in [0.1, 0.15) is 0 Å². The van der Waals surface area contributed by atoms with Crippen molar-refractivity contribution in [1.29, 1.82) is 0 Å². The molecule has 0 fully saturated rings. The second kappa shape index (κ2) is 7.44. The van der Waals surface area contributed by atoms with Gasteiger partial charge in [0.05, 0.1) is 5.92 Å². The van der Waals surface area contributed by atoms with Crippen LogP contribution in [0.1, 0.15) is 29.3 Å². The van der Waals surface area contributed by atoms with Crippen LogP contribution in [0.15, 0.2) is 54.7 Å². The Morgan fingerprint density at radius 3 is 2.65 bits per heavy atom. The van der Waals surface area contributed by atoms with Crippen molar-refractivity contribution in [3.8, 4) is 0 Å². The molecular formula is C21H22N2O3. The number of aromatic nitrogens is 1. The first kappa shape index (κ1) is 17.7. The molecule has 3 rings (SSSR count). The average Bonchev–Trinajstić information content (AvgIpc) is 3.04. The fraction of sp³-hybridized carbons (Fsp3) is 0.238. The summed E-state index contributed by atoms with van der Waals surface area (Å²) < 4.78 is 1.98. The summed E-state index contributed by atoms with van der Waals surface area (Å²) >= 11 is 0. The number of hydrogen-bond donors (Lipinski definition) is 2. The predicted molar refractivity (Wildman–Crippen MR) is 103 cm³/mol. The van der Waals surface area contributed by atoms with E-state index in [0.717, 1.165) is 16.6 Å². The zero-order chi connectivity index (χ0) is 18.7. The molecule has 0 spiro atoms. The molecule has 3 aromatic rings. The molecule has 0 aliphatic heterocycles. The van der Waals surface area contributed by atoms with E-state index in [0.29, 0.717) is 24.1 Å². The molecule has 0 bridgehead atoms. The van der Waals surface area contributed by atoms with E-state index in [2.05, 4.69) is 5.32 Å². The number of carbonyl (C=O) groups is 2. The highest BCUT2D eigenvalue weighted by molar-refractivity contribution is 6.16. The third-order valence-electron chi connectivity index (χ3n) is 4.67. The summed E-state index contributed by atoms with van der Waals surface area (Å²) in [5, 5.41) is 13.0. The Morgan fingerprint density at radius 2 is 1.92 bits per heavy atom. The van der Waals surface area contributed by atoms with E-state index in [1.54, 1.807) is 6.92 Å². The number of rotatable bonds is 7. The summed E-state index contributed by atoms with van der Waals surface area (Å²) in [5.74, 6) is -1.27. The number of benzene rings is 2. The fourth-order valence-corrected chi connectivity index (χ4v) is 3.04. The Hall–Kier alpha value is -3.08. The van der Waals surface area contributed by atoms with Crippen molar-refractivity contribution in [2.75, 3.05) is 12.4 Å². The number of carboxylic acid groups (broad SMARTS) is 1. The Morgan fingerprint density at radius 1 is 1.15 bits per heavy atom. The van der Waals surface area contributed by atoms with Gasteiger partial charge in [-0.3, -0.25) is 9.59 Å². The largest absolute Gasteiger partial charge is 0.481 e. The Labute approximate surface area is 152 Å². The lowest BCUT2D eigenvalue weighted by atomic mass is 10.0. The Balaban J connectivity index is 1.98. The molecule has 1 atom stereocenters. The lowest BCUT2D eigenvalue weighted by Crippen LogP contribution is -2.12. The van der Waals surface area contributed by atoms with E-state index in [-0.39, 0.29) is 5.78 Å². The molecule has 1 heterocycles. The van der Waals surface area contributed by atoms with Crippen LogP contribution in [0.25, 0.3) is 10.9 Å². The van der Waals surface area contributed by atoms with Crippen molar-refractivity contribution in [2.24, 2.45) is 5.92 Å². The number of nitrogens with one attached hydrogen (secondary N) is 1. The van der Waals surface area contributed by atoms with Crippen LogP contribution in [0.2, 0.25) is 0 Å². The molecule has 5 nitrogen and oxygen atoms in total. The quantitative estimate of drug-likeness (QED) is 0.631. The molecule has 0 radical (unpaired) electrons. The van der Waals surface area contributed by atoms with Crippen LogP contribution < -0.4 is 5.32 Å². The molecule has 2 aromatic carbocycles. The number of aliphatic carboxylic acids is 1. The zero-order valence-electron chi connectivity index (χ0n) is 14.9. The van der Waals surface area contributed by atoms with Crippen molar-refractivity contribution < 1.29 is 14.7 Å². The molecule has 0 amide bonds. The maximum absolute atomic E-state index is 13.1. The number of carboxylic acids is 1. The van der Waals surface area contributed by atoms with Crippen LogP contribution in [0.4, 0.5) is 5.69 Å². The molecule has 2 N–H and O–H groups in total. The molecule has 134 valence electrons. The van der Waals surface area contributed by atoms with Gasteiger partial charge in [0, 0.05) is 47.5 Å². The van der Waals surface area contributed by atoms with E-state index in [9.17, 15) is 9.59 Å². The summed E-state index contributed by atoms with van der Waals surface area (Å²) in [6.07, 6.45) is 2.35. The van der Waals surface area contributed by atoms with Crippen LogP contribution in [0, 0.1) is 5.92 Å². The highest BCUT2D eigenvalue weighted by Crippen LogP contribution is 2.25. The summed E-state index contributed by atoms with van der Waals surface area (Å²) in [6.45, 7) is 2.25. The number of hydrogen-bond acceptors (Lipinski definition) is 3. The number of carbonyl (C=O) groups excluding carboxylic acids is 1. The second-order valence-electron chi connectivity index (χ2n) is 6.44. The highest BCUT2D eigenvalue weighted by atomic mass is 16.4. The van der Waals surface area contributed by atoms with Gasteiger partial charge in [-0.1, -0.05) is 37.3 Å². The fourth-order valence-electron chi connectivity index (χ4n) is 3.04. The number of ketones is 1. The number of nitrogens with zero attached hydrogens (tertiary/aromatic N) is 1. The van der Waals surface area contributed by atoms with Gasteiger partial charge in [0.2, 0.25) is 0 Å². The standard InChI is InChI=1S/C21H22N2O3/c1-14(21(25)26)10-11-23-13-18(17-8-3-4-9-19(17)23)20(24)15-6-5-7-16(12-15)22-2/h3-9,12-14,22H,10-11H2,1-2H3,(H,25,26). The lowest BCUT2D eigenvalue weighted by molar-refractivity contribution is -0.141. The molecule has 1 unspecified atom stereocenters. The predicted octanol–water partition coefficient (Wildman–Crippen LogP) is 4.02. The van der Waals surface area contributed by atoms with Gasteiger partial charge in [-0.15, -0.1) is 0 Å². The Kier molecular flexibility index (Phi) is 5.07. The highest BCUT2D eigenvalue weighted by Gasteiger charge is 2.18. The summed E-state index contributed by atoms with van der Waals surface area (Å²) in [7, 11) is 1.82. The smallest absolute Gasteiger partial charge is 0.306 e. The number of fused-ring (bicyclic) bond motifs is 1. The van der Waals surface area contributed by atoms with Crippen LogP contribution in [-0.2, 0) is 11.3 Å². The van der Waals surface area contributed by atoms with E-state index in [1.165, 1.54) is 0 Å². The van der Waals surface area contributed by atoms with E-state index in [4.69, 9.17) is 5.11 Å². The van der Waals surface area contributed by atoms with Gasteiger partial charge < -0.3 is 15.0 Å². The molecular weight excluding hydrogens is 328 g/mol. The average molecular weight is 350 g/mol. The van der Waals surface area contributed by atoms with Crippen LogP contribution >= 0.6 is 0 Å². The van der Waals surface area contributed by atoms with Crippen molar-refractivity contribution in [3.05, 3.63) is 65.9 Å². The van der Waals surface area contributed by atoms with Crippen molar-refractivity contribution in [3.63, 3.8) is 0 Å². The van der Waals surface area contributed by atoms with Gasteiger partial charge in [0.15, 0.2) is 5.78 Å².